The minimum Gasteiger partial charge on any atom is -0.478 e. The zero-order valence-electron chi connectivity index (χ0n) is 15.3. The largest absolute Gasteiger partial charge is 0.478 e. The third-order valence-electron chi connectivity index (χ3n) is 5.25. The number of hydrazone groups is 1. The van der Waals surface area contributed by atoms with Gasteiger partial charge in [0.15, 0.2) is 0 Å². The van der Waals surface area contributed by atoms with Gasteiger partial charge < -0.3 is 10.0 Å². The number of nitrogens with zero attached hydrogens (tertiary/aromatic N) is 5. The van der Waals surface area contributed by atoms with E-state index in [9.17, 15) is 9.59 Å². The molecule has 0 aliphatic carbocycles. The average molecular weight is 379 g/mol. The highest BCUT2D eigenvalue weighted by Gasteiger charge is 2.35. The minimum atomic E-state index is -1.05. The Morgan fingerprint density at radius 3 is 2.36 bits per heavy atom. The third kappa shape index (κ3) is 3.58. The van der Waals surface area contributed by atoms with Crippen LogP contribution in [0.4, 0.5) is 5.95 Å². The van der Waals surface area contributed by atoms with Crippen molar-refractivity contribution >= 4 is 24.0 Å². The van der Waals surface area contributed by atoms with Crippen LogP contribution in [0.5, 0.6) is 0 Å². The maximum absolute atomic E-state index is 13.0. The molecule has 1 aromatic heterocycles. The van der Waals surface area contributed by atoms with Crippen LogP contribution in [0.3, 0.4) is 0 Å². The summed E-state index contributed by atoms with van der Waals surface area (Å²) >= 11 is 0. The zero-order valence-corrected chi connectivity index (χ0v) is 15.3. The lowest BCUT2D eigenvalue weighted by atomic mass is 9.94. The van der Waals surface area contributed by atoms with E-state index in [1.165, 1.54) is 12.4 Å². The standard InChI is InChI=1S/C20H21N5O3/c26-18(25-17(6-9-23-25)14-4-2-1-3-5-14)15-7-10-24(11-8-15)20-21-12-16(13-22-20)19(27)28/h1-5,9,12-13,15,17H,6-8,10-11H2,(H,27,28)/t17-/m0/s1. The molecule has 1 aromatic carbocycles. The van der Waals surface area contributed by atoms with Crippen molar-refractivity contribution in [2.24, 2.45) is 11.0 Å². The molecule has 1 saturated heterocycles. The van der Waals surface area contributed by atoms with E-state index in [0.717, 1.165) is 12.0 Å². The quantitative estimate of drug-likeness (QED) is 0.875. The number of aromatic carboxylic acids is 1. The number of amides is 1. The molecule has 0 radical (unpaired) electrons. The number of aromatic nitrogens is 2. The third-order valence-corrected chi connectivity index (χ3v) is 5.25. The van der Waals surface area contributed by atoms with Crippen LogP contribution in [-0.2, 0) is 4.79 Å². The normalized spacial score (nSPS) is 19.8. The van der Waals surface area contributed by atoms with Gasteiger partial charge in [-0.1, -0.05) is 30.3 Å². The molecule has 144 valence electrons. The zero-order chi connectivity index (χ0) is 19.5. The van der Waals surface area contributed by atoms with Crippen molar-refractivity contribution in [3.63, 3.8) is 0 Å². The van der Waals surface area contributed by atoms with Crippen molar-refractivity contribution in [3.8, 4) is 0 Å². The van der Waals surface area contributed by atoms with Gasteiger partial charge >= 0.3 is 5.97 Å². The highest BCUT2D eigenvalue weighted by Crippen LogP contribution is 2.32. The van der Waals surface area contributed by atoms with E-state index in [4.69, 9.17) is 5.11 Å². The van der Waals surface area contributed by atoms with Crippen LogP contribution in [0.1, 0.15) is 41.2 Å². The maximum atomic E-state index is 13.0. The Bertz CT molecular complexity index is 876. The lowest BCUT2D eigenvalue weighted by molar-refractivity contribution is -0.138. The van der Waals surface area contributed by atoms with Crippen molar-refractivity contribution in [2.75, 3.05) is 18.0 Å². The molecular weight excluding hydrogens is 358 g/mol. The van der Waals surface area contributed by atoms with Gasteiger partial charge in [-0.3, -0.25) is 4.79 Å². The molecule has 28 heavy (non-hydrogen) atoms. The van der Waals surface area contributed by atoms with Crippen LogP contribution in [0.15, 0.2) is 47.8 Å². The predicted octanol–water partition coefficient (Wildman–Crippen LogP) is 2.35. The van der Waals surface area contributed by atoms with Gasteiger partial charge in [0, 0.05) is 44.0 Å². The molecule has 4 rings (SSSR count). The number of anilines is 1. The molecule has 1 atom stereocenters. The second kappa shape index (κ2) is 7.75. The second-order valence-electron chi connectivity index (χ2n) is 6.98. The van der Waals surface area contributed by atoms with Crippen LogP contribution in [-0.4, -0.2) is 51.3 Å². The lowest BCUT2D eigenvalue weighted by Crippen LogP contribution is -2.41. The summed E-state index contributed by atoms with van der Waals surface area (Å²) in [7, 11) is 0. The van der Waals surface area contributed by atoms with E-state index >= 15 is 0 Å². The average Bonchev–Trinajstić information content (AvgIpc) is 3.24. The molecule has 0 spiro atoms. The molecule has 1 N–H and O–H groups in total. The van der Waals surface area contributed by atoms with E-state index in [1.54, 1.807) is 5.01 Å². The fourth-order valence-corrected chi connectivity index (χ4v) is 3.69. The smallest absolute Gasteiger partial charge is 0.338 e. The first-order valence-corrected chi connectivity index (χ1v) is 9.34. The fourth-order valence-electron chi connectivity index (χ4n) is 3.69. The highest BCUT2D eigenvalue weighted by atomic mass is 16.4. The summed E-state index contributed by atoms with van der Waals surface area (Å²) < 4.78 is 0. The SMILES string of the molecule is O=C(O)c1cnc(N2CCC(C(=O)N3N=CC[C@H]3c3ccccc3)CC2)nc1. The number of hydrogen-bond donors (Lipinski definition) is 1. The molecule has 8 nitrogen and oxygen atoms in total. The van der Waals surface area contributed by atoms with Gasteiger partial charge in [0.25, 0.3) is 0 Å². The number of benzene rings is 1. The number of carbonyl (C=O) groups is 2. The number of carboxylic acids is 1. The number of piperidine rings is 1. The minimum absolute atomic E-state index is 0.0291. The predicted molar refractivity (Wildman–Crippen MR) is 103 cm³/mol. The molecule has 2 aromatic rings. The Kier molecular flexibility index (Phi) is 5.01. The van der Waals surface area contributed by atoms with Crippen LogP contribution in [0, 0.1) is 5.92 Å². The van der Waals surface area contributed by atoms with E-state index in [1.807, 2.05) is 41.4 Å². The summed E-state index contributed by atoms with van der Waals surface area (Å²) in [4.78, 5) is 34.2. The summed E-state index contributed by atoms with van der Waals surface area (Å²) in [5.74, 6) is -0.576. The second-order valence-corrected chi connectivity index (χ2v) is 6.98. The number of hydrogen-bond acceptors (Lipinski definition) is 6. The first-order valence-electron chi connectivity index (χ1n) is 9.34. The molecule has 1 fully saturated rings. The van der Waals surface area contributed by atoms with Crippen molar-refractivity contribution < 1.29 is 14.7 Å². The first kappa shape index (κ1) is 18.1. The number of carboxylic acid groups (broad SMARTS) is 1. The van der Waals surface area contributed by atoms with Crippen LogP contribution in [0.2, 0.25) is 0 Å². The molecule has 2 aliphatic heterocycles. The summed E-state index contributed by atoms with van der Waals surface area (Å²) in [6.07, 6.45) is 6.55. The summed E-state index contributed by atoms with van der Waals surface area (Å²) in [6, 6.07) is 9.94. The van der Waals surface area contributed by atoms with Crippen molar-refractivity contribution in [1.82, 2.24) is 15.0 Å². The molecule has 0 unspecified atom stereocenters. The van der Waals surface area contributed by atoms with Gasteiger partial charge in [-0.25, -0.2) is 19.8 Å². The van der Waals surface area contributed by atoms with Gasteiger partial charge in [-0.2, -0.15) is 5.10 Å². The summed E-state index contributed by atoms with van der Waals surface area (Å²) in [5, 5.41) is 14.9. The molecule has 1 amide bonds. The van der Waals surface area contributed by atoms with Gasteiger partial charge in [-0.15, -0.1) is 0 Å². The topological polar surface area (TPSA) is 99.0 Å². The molecule has 3 heterocycles. The molecule has 0 saturated carbocycles. The number of carbonyl (C=O) groups excluding carboxylic acids is 1. The highest BCUT2D eigenvalue weighted by molar-refractivity contribution is 5.86. The van der Waals surface area contributed by atoms with Gasteiger partial charge in [0.1, 0.15) is 0 Å². The van der Waals surface area contributed by atoms with Crippen LogP contribution < -0.4 is 4.90 Å². The first-order chi connectivity index (χ1) is 13.6. The molecule has 0 bridgehead atoms. The monoisotopic (exact) mass is 379 g/mol. The fraction of sp³-hybridized carbons (Fsp3) is 0.350. The van der Waals surface area contributed by atoms with Crippen LogP contribution in [0.25, 0.3) is 0 Å². The van der Waals surface area contributed by atoms with E-state index in [0.29, 0.717) is 31.9 Å². The van der Waals surface area contributed by atoms with Gasteiger partial charge in [0.2, 0.25) is 11.9 Å². The van der Waals surface area contributed by atoms with Gasteiger partial charge in [0.05, 0.1) is 11.6 Å². The van der Waals surface area contributed by atoms with Crippen molar-refractivity contribution in [1.29, 1.82) is 0 Å². The lowest BCUT2D eigenvalue weighted by Gasteiger charge is -2.33. The van der Waals surface area contributed by atoms with Crippen molar-refractivity contribution in [2.45, 2.75) is 25.3 Å². The van der Waals surface area contributed by atoms with Crippen LogP contribution >= 0.6 is 0 Å². The van der Waals surface area contributed by atoms with Gasteiger partial charge in [-0.05, 0) is 18.4 Å². The Balaban J connectivity index is 1.38. The molecule has 2 aliphatic rings. The Labute approximate surface area is 162 Å². The van der Waals surface area contributed by atoms with Crippen molar-refractivity contribution in [3.05, 3.63) is 53.9 Å². The summed E-state index contributed by atoms with van der Waals surface area (Å²) in [5.41, 5.74) is 1.16. The van der Waals surface area contributed by atoms with E-state index in [-0.39, 0.29) is 23.4 Å². The number of rotatable bonds is 4. The maximum Gasteiger partial charge on any atom is 0.338 e. The summed E-state index contributed by atoms with van der Waals surface area (Å²) in [6.45, 7) is 1.30. The van der Waals surface area contributed by atoms with E-state index < -0.39 is 5.97 Å². The Morgan fingerprint density at radius 2 is 1.71 bits per heavy atom. The van der Waals surface area contributed by atoms with E-state index in [2.05, 4.69) is 15.1 Å². The molecular formula is C20H21N5O3. The Hall–Kier alpha value is -3.29. The molecule has 8 heteroatoms. The Morgan fingerprint density at radius 1 is 1.04 bits per heavy atom.